The number of halogens is 2. The molecular weight excluding hydrogens is 191 g/mol. The molecule has 0 aromatic carbocycles. The Kier molecular flexibility index (Phi) is 12.1. The van der Waals surface area contributed by atoms with E-state index < -0.39 is 0 Å². The normalized spacial score (nSPS) is 6.60. The molecule has 0 fully saturated rings. The molecule has 0 saturated carbocycles. The minimum Gasteiger partial charge on any atom is -0.344 e. The van der Waals surface area contributed by atoms with Crippen LogP contribution in [0.3, 0.4) is 0 Å². The van der Waals surface area contributed by atoms with Crippen LogP contribution in [0.15, 0.2) is 5.38 Å². The van der Waals surface area contributed by atoms with Gasteiger partial charge in [0.05, 0.1) is 5.01 Å². The summed E-state index contributed by atoms with van der Waals surface area (Å²) in [4.78, 5) is 4.13. The van der Waals surface area contributed by atoms with E-state index in [2.05, 4.69) is 10.4 Å². The number of hydrogen-bond donors (Lipinski definition) is 1. The van der Waals surface area contributed by atoms with Crippen molar-refractivity contribution < 1.29 is 0 Å². The van der Waals surface area contributed by atoms with Crippen LogP contribution in [0.2, 0.25) is 0 Å². The Labute approximate surface area is 77.5 Å². The molecule has 0 aliphatic rings. The van der Waals surface area contributed by atoms with Crippen LogP contribution in [-0.2, 0) is 0 Å². The first kappa shape index (κ1) is 16.6. The fraction of sp³-hybridized carbons (Fsp3) is 0.400. The Morgan fingerprint density at radius 1 is 1.30 bits per heavy atom. The van der Waals surface area contributed by atoms with Crippen molar-refractivity contribution >= 4 is 36.2 Å². The van der Waals surface area contributed by atoms with Crippen molar-refractivity contribution in [2.45, 2.75) is 13.8 Å². The van der Waals surface area contributed by atoms with E-state index in [1.54, 1.807) is 11.3 Å². The van der Waals surface area contributed by atoms with Crippen LogP contribution >= 0.6 is 36.2 Å². The highest BCUT2D eigenvalue weighted by atomic mass is 35.5. The van der Waals surface area contributed by atoms with E-state index in [-0.39, 0.29) is 31.0 Å². The van der Waals surface area contributed by atoms with Gasteiger partial charge in [0.15, 0.2) is 0 Å². The van der Waals surface area contributed by atoms with Crippen molar-refractivity contribution in [3.05, 3.63) is 16.1 Å². The molecule has 2 nitrogen and oxygen atoms in total. The van der Waals surface area contributed by atoms with Crippen LogP contribution in [0.4, 0.5) is 0 Å². The Morgan fingerprint density at radius 2 is 1.80 bits per heavy atom. The molecular formula is C5H12Cl2N2S. The van der Waals surface area contributed by atoms with Crippen molar-refractivity contribution in [1.29, 1.82) is 0 Å². The molecule has 0 atom stereocenters. The highest BCUT2D eigenvalue weighted by molar-refractivity contribution is 7.09. The van der Waals surface area contributed by atoms with Gasteiger partial charge in [-0.2, -0.15) is 0 Å². The second-order valence-corrected chi connectivity index (χ2v) is 2.57. The number of aryl methyl sites for hydroxylation is 2. The molecule has 0 amide bonds. The molecule has 0 aliphatic heterocycles. The molecule has 0 radical (unpaired) electrons. The third-order valence-corrected chi connectivity index (χ3v) is 1.63. The largest absolute Gasteiger partial charge is 0.344 e. The van der Waals surface area contributed by atoms with Crippen molar-refractivity contribution in [2.75, 3.05) is 0 Å². The van der Waals surface area contributed by atoms with Crippen LogP contribution in [0.25, 0.3) is 0 Å². The molecule has 1 aromatic rings. The van der Waals surface area contributed by atoms with Crippen LogP contribution in [0.5, 0.6) is 0 Å². The zero-order valence-electron chi connectivity index (χ0n) is 5.96. The van der Waals surface area contributed by atoms with Gasteiger partial charge >= 0.3 is 0 Å². The first-order valence-electron chi connectivity index (χ1n) is 2.18. The second-order valence-electron chi connectivity index (χ2n) is 1.51. The maximum atomic E-state index is 4.13. The lowest BCUT2D eigenvalue weighted by Crippen LogP contribution is -1.67. The molecule has 1 heterocycles. The zero-order valence-corrected chi connectivity index (χ0v) is 8.41. The quantitative estimate of drug-likeness (QED) is 0.704. The first-order valence-corrected chi connectivity index (χ1v) is 3.06. The predicted octanol–water partition coefficient (Wildman–Crippen LogP) is 2.77. The third-order valence-electron chi connectivity index (χ3n) is 0.734. The van der Waals surface area contributed by atoms with Crippen molar-refractivity contribution in [1.82, 2.24) is 11.1 Å². The van der Waals surface area contributed by atoms with Gasteiger partial charge in [0.2, 0.25) is 0 Å². The fourth-order valence-electron chi connectivity index (χ4n) is 0.472. The molecule has 0 saturated heterocycles. The molecule has 0 aliphatic carbocycles. The Morgan fingerprint density at radius 3 is 1.90 bits per heavy atom. The predicted molar refractivity (Wildman–Crippen MR) is 51.1 cm³/mol. The van der Waals surface area contributed by atoms with Gasteiger partial charge in [-0.1, -0.05) is 0 Å². The van der Waals surface area contributed by atoms with E-state index >= 15 is 0 Å². The summed E-state index contributed by atoms with van der Waals surface area (Å²) in [5.74, 6) is 0. The molecule has 0 unspecified atom stereocenters. The van der Waals surface area contributed by atoms with Crippen LogP contribution in [-0.4, -0.2) is 4.98 Å². The maximum absolute atomic E-state index is 4.13. The Hall–Kier alpha value is 0.170. The number of hydrogen-bond acceptors (Lipinski definition) is 3. The highest BCUT2D eigenvalue weighted by Crippen LogP contribution is 2.04. The molecule has 3 N–H and O–H groups in total. The van der Waals surface area contributed by atoms with Gasteiger partial charge in [0, 0.05) is 11.1 Å². The van der Waals surface area contributed by atoms with Gasteiger partial charge in [-0.05, 0) is 13.8 Å². The standard InChI is InChI=1S/C5H7NS.2ClH.H3N/c1-4-3-7-5(2)6-4;;;/h3H,1-2H3;2*1H;1H3. The lowest BCUT2D eigenvalue weighted by atomic mass is 10.6. The van der Waals surface area contributed by atoms with Crippen LogP contribution < -0.4 is 6.15 Å². The zero-order chi connectivity index (χ0) is 5.28. The number of rotatable bonds is 0. The smallest absolute Gasteiger partial charge is 0.0897 e. The summed E-state index contributed by atoms with van der Waals surface area (Å²) in [6.07, 6.45) is 0. The summed E-state index contributed by atoms with van der Waals surface area (Å²) in [6, 6.07) is 0. The minimum absolute atomic E-state index is 0. The number of thiazole rings is 1. The Balaban J connectivity index is -0.000000163. The number of nitrogens with zero attached hydrogens (tertiary/aromatic N) is 1. The average Bonchev–Trinajstić information content (AvgIpc) is 1.87. The van der Waals surface area contributed by atoms with Crippen LogP contribution in [0, 0.1) is 13.8 Å². The van der Waals surface area contributed by atoms with E-state index in [1.807, 2.05) is 13.8 Å². The summed E-state index contributed by atoms with van der Waals surface area (Å²) < 4.78 is 0. The molecule has 1 rings (SSSR count). The van der Waals surface area contributed by atoms with Gasteiger partial charge < -0.3 is 6.15 Å². The van der Waals surface area contributed by atoms with E-state index in [4.69, 9.17) is 0 Å². The molecule has 62 valence electrons. The highest BCUT2D eigenvalue weighted by Gasteiger charge is 1.85. The van der Waals surface area contributed by atoms with Gasteiger partial charge in [-0.25, -0.2) is 4.98 Å². The molecule has 0 bridgehead atoms. The van der Waals surface area contributed by atoms with Crippen LogP contribution in [0.1, 0.15) is 10.7 Å². The first-order chi connectivity index (χ1) is 3.29. The molecule has 5 heteroatoms. The van der Waals surface area contributed by atoms with Crippen molar-refractivity contribution in [2.24, 2.45) is 0 Å². The topological polar surface area (TPSA) is 47.9 Å². The van der Waals surface area contributed by atoms with Gasteiger partial charge in [-0.15, -0.1) is 36.2 Å². The lowest BCUT2D eigenvalue weighted by molar-refractivity contribution is 1.20. The summed E-state index contributed by atoms with van der Waals surface area (Å²) in [6.45, 7) is 4.02. The summed E-state index contributed by atoms with van der Waals surface area (Å²) in [5.41, 5.74) is 1.13. The van der Waals surface area contributed by atoms with Crippen molar-refractivity contribution in [3.8, 4) is 0 Å². The molecule has 10 heavy (non-hydrogen) atoms. The van der Waals surface area contributed by atoms with Gasteiger partial charge in [0.25, 0.3) is 0 Å². The van der Waals surface area contributed by atoms with E-state index in [1.165, 1.54) is 0 Å². The maximum Gasteiger partial charge on any atom is 0.0897 e. The van der Waals surface area contributed by atoms with E-state index in [9.17, 15) is 0 Å². The molecule has 1 aromatic heterocycles. The summed E-state index contributed by atoms with van der Waals surface area (Å²) >= 11 is 1.69. The van der Waals surface area contributed by atoms with Gasteiger partial charge in [0.1, 0.15) is 0 Å². The fourth-order valence-corrected chi connectivity index (χ4v) is 1.06. The lowest BCUT2D eigenvalue weighted by Gasteiger charge is -1.71. The van der Waals surface area contributed by atoms with Crippen molar-refractivity contribution in [3.63, 3.8) is 0 Å². The van der Waals surface area contributed by atoms with E-state index in [0.717, 1.165) is 10.7 Å². The molecule has 0 spiro atoms. The van der Waals surface area contributed by atoms with Gasteiger partial charge in [-0.3, -0.25) is 0 Å². The monoisotopic (exact) mass is 202 g/mol. The SMILES string of the molecule is Cc1csc(C)n1.Cl.Cl.N. The summed E-state index contributed by atoms with van der Waals surface area (Å²) in [7, 11) is 0. The average molecular weight is 203 g/mol. The number of aromatic nitrogens is 1. The second kappa shape index (κ2) is 7.28. The summed E-state index contributed by atoms with van der Waals surface area (Å²) in [5, 5.41) is 3.20. The van der Waals surface area contributed by atoms with E-state index in [0.29, 0.717) is 0 Å². The minimum atomic E-state index is 0. The third kappa shape index (κ3) is 4.99. The Bertz CT molecular complexity index is 150.